The molecule has 0 radical (unpaired) electrons. The quantitative estimate of drug-likeness (QED) is 0.793. The van der Waals surface area contributed by atoms with Crippen LogP contribution in [0.4, 0.5) is 8.78 Å². The average molecular weight is 241 g/mol. The van der Waals surface area contributed by atoms with Crippen LogP contribution in [0.1, 0.15) is 31.1 Å². The van der Waals surface area contributed by atoms with Gasteiger partial charge in [0.2, 0.25) is 0 Å². The molecule has 94 valence electrons. The van der Waals surface area contributed by atoms with Crippen LogP contribution in [0, 0.1) is 17.6 Å². The summed E-state index contributed by atoms with van der Waals surface area (Å²) >= 11 is 0. The predicted octanol–water partition coefficient (Wildman–Crippen LogP) is 3.08. The van der Waals surface area contributed by atoms with Crippen LogP contribution in [-0.4, -0.2) is 23.9 Å². The number of rotatable bonds is 4. The minimum Gasteiger partial charge on any atom is -0.339 e. The van der Waals surface area contributed by atoms with Crippen LogP contribution in [0.15, 0.2) is 18.2 Å². The zero-order valence-electron chi connectivity index (χ0n) is 10.3. The Labute approximate surface area is 100 Å². The van der Waals surface area contributed by atoms with Crippen molar-refractivity contribution < 1.29 is 13.6 Å². The van der Waals surface area contributed by atoms with Gasteiger partial charge in [0.25, 0.3) is 5.91 Å². The lowest BCUT2D eigenvalue weighted by molar-refractivity contribution is 0.0740. The molecule has 0 aliphatic rings. The van der Waals surface area contributed by atoms with Gasteiger partial charge in [-0.25, -0.2) is 8.78 Å². The number of amides is 1. The van der Waals surface area contributed by atoms with Gasteiger partial charge in [-0.1, -0.05) is 13.8 Å². The Morgan fingerprint density at radius 2 is 2.00 bits per heavy atom. The Kier molecular flexibility index (Phi) is 4.61. The fourth-order valence-electron chi connectivity index (χ4n) is 1.63. The molecule has 0 spiro atoms. The molecule has 1 aromatic carbocycles. The summed E-state index contributed by atoms with van der Waals surface area (Å²) in [6.45, 7) is 6.77. The maximum absolute atomic E-state index is 13.4. The first kappa shape index (κ1) is 13.6. The summed E-state index contributed by atoms with van der Waals surface area (Å²) in [7, 11) is 0. The number of hydrogen-bond acceptors (Lipinski definition) is 1. The average Bonchev–Trinajstić information content (AvgIpc) is 2.28. The van der Waals surface area contributed by atoms with E-state index in [9.17, 15) is 13.6 Å². The Bertz CT molecular complexity index is 404. The molecule has 0 aliphatic carbocycles. The van der Waals surface area contributed by atoms with Crippen molar-refractivity contribution in [3.05, 3.63) is 35.4 Å². The minimum atomic E-state index is -0.682. The first-order valence-corrected chi connectivity index (χ1v) is 5.70. The summed E-state index contributed by atoms with van der Waals surface area (Å²) in [6, 6.07) is 2.93. The topological polar surface area (TPSA) is 20.3 Å². The van der Waals surface area contributed by atoms with Crippen LogP contribution in [0.3, 0.4) is 0 Å². The van der Waals surface area contributed by atoms with E-state index in [4.69, 9.17) is 0 Å². The molecule has 0 atom stereocenters. The van der Waals surface area contributed by atoms with Gasteiger partial charge >= 0.3 is 0 Å². The maximum atomic E-state index is 13.4. The van der Waals surface area contributed by atoms with E-state index in [0.29, 0.717) is 13.1 Å². The van der Waals surface area contributed by atoms with Gasteiger partial charge in [0.05, 0.1) is 5.56 Å². The van der Waals surface area contributed by atoms with E-state index >= 15 is 0 Å². The zero-order valence-corrected chi connectivity index (χ0v) is 10.3. The number of halogens is 2. The van der Waals surface area contributed by atoms with Crippen molar-refractivity contribution in [1.82, 2.24) is 4.90 Å². The Balaban J connectivity index is 2.97. The molecular weight excluding hydrogens is 224 g/mol. The summed E-state index contributed by atoms with van der Waals surface area (Å²) in [6.07, 6.45) is 0. The van der Waals surface area contributed by atoms with E-state index in [0.717, 1.165) is 18.2 Å². The van der Waals surface area contributed by atoms with Crippen LogP contribution < -0.4 is 0 Å². The van der Waals surface area contributed by atoms with Crippen LogP contribution in [0.2, 0.25) is 0 Å². The third-order valence-corrected chi connectivity index (χ3v) is 2.41. The van der Waals surface area contributed by atoms with E-state index < -0.39 is 17.5 Å². The van der Waals surface area contributed by atoms with Crippen LogP contribution in [-0.2, 0) is 0 Å². The van der Waals surface area contributed by atoms with Gasteiger partial charge in [-0.2, -0.15) is 0 Å². The number of hydrogen-bond donors (Lipinski definition) is 0. The predicted molar refractivity (Wildman–Crippen MR) is 62.8 cm³/mol. The van der Waals surface area contributed by atoms with Crippen molar-refractivity contribution in [2.24, 2.45) is 5.92 Å². The van der Waals surface area contributed by atoms with Crippen molar-refractivity contribution in [2.75, 3.05) is 13.1 Å². The van der Waals surface area contributed by atoms with Gasteiger partial charge in [0.15, 0.2) is 0 Å². The number of benzene rings is 1. The fourth-order valence-corrected chi connectivity index (χ4v) is 1.63. The molecule has 17 heavy (non-hydrogen) atoms. The van der Waals surface area contributed by atoms with E-state index in [1.165, 1.54) is 4.90 Å². The molecule has 0 unspecified atom stereocenters. The number of carbonyl (C=O) groups excluding carboxylic acids is 1. The molecule has 0 aliphatic heterocycles. The molecule has 1 aromatic rings. The summed E-state index contributed by atoms with van der Waals surface area (Å²) in [5.41, 5.74) is -0.201. The van der Waals surface area contributed by atoms with Gasteiger partial charge in [-0.3, -0.25) is 4.79 Å². The zero-order chi connectivity index (χ0) is 13.0. The van der Waals surface area contributed by atoms with Crippen LogP contribution in [0.25, 0.3) is 0 Å². The van der Waals surface area contributed by atoms with E-state index in [1.54, 1.807) is 0 Å². The third kappa shape index (κ3) is 3.51. The molecule has 4 heteroatoms. The van der Waals surface area contributed by atoms with Gasteiger partial charge < -0.3 is 4.90 Å². The highest BCUT2D eigenvalue weighted by molar-refractivity contribution is 5.94. The third-order valence-electron chi connectivity index (χ3n) is 2.41. The van der Waals surface area contributed by atoms with Crippen molar-refractivity contribution in [2.45, 2.75) is 20.8 Å². The van der Waals surface area contributed by atoms with Gasteiger partial charge in [0, 0.05) is 13.1 Å². The second-order valence-corrected chi connectivity index (χ2v) is 4.36. The number of carbonyl (C=O) groups is 1. The van der Waals surface area contributed by atoms with Crippen LogP contribution >= 0.6 is 0 Å². The molecule has 0 heterocycles. The summed E-state index contributed by atoms with van der Waals surface area (Å²) in [4.78, 5) is 13.5. The summed E-state index contributed by atoms with van der Waals surface area (Å²) < 4.78 is 26.4. The van der Waals surface area contributed by atoms with E-state index in [2.05, 4.69) is 0 Å². The van der Waals surface area contributed by atoms with Crippen molar-refractivity contribution in [3.63, 3.8) is 0 Å². The van der Waals surface area contributed by atoms with Crippen molar-refractivity contribution in [3.8, 4) is 0 Å². The molecule has 0 bridgehead atoms. The lowest BCUT2D eigenvalue weighted by Gasteiger charge is -2.23. The van der Waals surface area contributed by atoms with E-state index in [-0.39, 0.29) is 11.5 Å². The highest BCUT2D eigenvalue weighted by Gasteiger charge is 2.19. The molecule has 2 nitrogen and oxygen atoms in total. The van der Waals surface area contributed by atoms with Gasteiger partial charge in [-0.05, 0) is 31.0 Å². The second-order valence-electron chi connectivity index (χ2n) is 4.36. The highest BCUT2D eigenvalue weighted by atomic mass is 19.1. The normalized spacial score (nSPS) is 10.7. The maximum Gasteiger partial charge on any atom is 0.256 e. The lowest BCUT2D eigenvalue weighted by atomic mass is 10.1. The largest absolute Gasteiger partial charge is 0.339 e. The molecule has 1 amide bonds. The van der Waals surface area contributed by atoms with Gasteiger partial charge in [-0.15, -0.1) is 0 Å². The van der Waals surface area contributed by atoms with E-state index in [1.807, 2.05) is 20.8 Å². The molecule has 0 saturated heterocycles. The Morgan fingerprint density at radius 1 is 1.35 bits per heavy atom. The van der Waals surface area contributed by atoms with Crippen LogP contribution in [0.5, 0.6) is 0 Å². The first-order chi connectivity index (χ1) is 7.95. The fraction of sp³-hybridized carbons (Fsp3) is 0.462. The lowest BCUT2D eigenvalue weighted by Crippen LogP contribution is -2.34. The summed E-state index contributed by atoms with van der Waals surface area (Å²) in [5.74, 6) is -1.46. The smallest absolute Gasteiger partial charge is 0.256 e. The molecule has 0 fully saturated rings. The molecule has 1 rings (SSSR count). The first-order valence-electron chi connectivity index (χ1n) is 5.70. The molecule has 0 N–H and O–H groups in total. The monoisotopic (exact) mass is 241 g/mol. The molecule has 0 aromatic heterocycles. The van der Waals surface area contributed by atoms with Crippen molar-refractivity contribution >= 4 is 5.91 Å². The minimum absolute atomic E-state index is 0.201. The SMILES string of the molecule is CCN(CC(C)C)C(=O)c1cc(F)ccc1F. The standard InChI is InChI=1S/C13H17F2NO/c1-4-16(8-9(2)3)13(17)11-7-10(14)5-6-12(11)15/h5-7,9H,4,8H2,1-3H3. The molecular formula is C13H17F2NO. The Morgan fingerprint density at radius 3 is 2.53 bits per heavy atom. The Hall–Kier alpha value is -1.45. The highest BCUT2D eigenvalue weighted by Crippen LogP contribution is 2.13. The van der Waals surface area contributed by atoms with Crippen molar-refractivity contribution in [1.29, 1.82) is 0 Å². The molecule has 0 saturated carbocycles. The number of nitrogens with zero attached hydrogens (tertiary/aromatic N) is 1. The van der Waals surface area contributed by atoms with Gasteiger partial charge in [0.1, 0.15) is 11.6 Å². The summed E-state index contributed by atoms with van der Waals surface area (Å²) in [5, 5.41) is 0. The second kappa shape index (κ2) is 5.75.